The van der Waals surface area contributed by atoms with Crippen LogP contribution < -0.4 is 0 Å². The fourth-order valence-electron chi connectivity index (χ4n) is 2.86. The van der Waals surface area contributed by atoms with Crippen LogP contribution in [-0.4, -0.2) is 46.7 Å². The standard InChI is InChI=1S/C16H27NO3/c1-15(2,3)19-13-10-17-8-7-11(18)9-12(17)14(13)20-16(4,5)6/h7-8,12-14H,9-10H2,1-6H3/t12-,13-,14-/m1/s1. The Hall–Kier alpha value is -0.870. The molecule has 2 aliphatic heterocycles. The van der Waals surface area contributed by atoms with E-state index in [9.17, 15) is 4.79 Å². The van der Waals surface area contributed by atoms with Gasteiger partial charge in [-0.2, -0.15) is 0 Å². The van der Waals surface area contributed by atoms with Crippen molar-refractivity contribution in [1.29, 1.82) is 0 Å². The van der Waals surface area contributed by atoms with Crippen LogP contribution in [0.2, 0.25) is 0 Å². The van der Waals surface area contributed by atoms with Gasteiger partial charge >= 0.3 is 0 Å². The van der Waals surface area contributed by atoms with Crippen LogP contribution in [-0.2, 0) is 14.3 Å². The van der Waals surface area contributed by atoms with Crippen LogP contribution in [0.3, 0.4) is 0 Å². The lowest BCUT2D eigenvalue weighted by molar-refractivity contribution is -0.152. The van der Waals surface area contributed by atoms with Gasteiger partial charge in [0.2, 0.25) is 0 Å². The van der Waals surface area contributed by atoms with Crippen molar-refractivity contribution in [3.63, 3.8) is 0 Å². The first-order valence-electron chi connectivity index (χ1n) is 7.38. The molecule has 0 aromatic rings. The topological polar surface area (TPSA) is 38.8 Å². The maximum absolute atomic E-state index is 11.7. The number of ether oxygens (including phenoxy) is 2. The highest BCUT2D eigenvalue weighted by Gasteiger charge is 2.46. The summed E-state index contributed by atoms with van der Waals surface area (Å²) < 4.78 is 12.4. The Labute approximate surface area is 122 Å². The van der Waals surface area contributed by atoms with Crippen LogP contribution in [0.4, 0.5) is 0 Å². The number of fused-ring (bicyclic) bond motifs is 1. The summed E-state index contributed by atoms with van der Waals surface area (Å²) >= 11 is 0. The zero-order valence-electron chi connectivity index (χ0n) is 13.5. The molecule has 1 saturated heterocycles. The summed E-state index contributed by atoms with van der Waals surface area (Å²) in [5, 5.41) is 0. The smallest absolute Gasteiger partial charge is 0.159 e. The quantitative estimate of drug-likeness (QED) is 0.779. The van der Waals surface area contributed by atoms with Gasteiger partial charge in [-0.15, -0.1) is 0 Å². The molecule has 114 valence electrons. The predicted octanol–water partition coefficient (Wildman–Crippen LogP) is 2.52. The summed E-state index contributed by atoms with van der Waals surface area (Å²) in [7, 11) is 0. The van der Waals surface area contributed by atoms with Gasteiger partial charge < -0.3 is 14.4 Å². The normalized spacial score (nSPS) is 30.8. The van der Waals surface area contributed by atoms with Gasteiger partial charge in [0.1, 0.15) is 12.2 Å². The third-order valence-electron chi connectivity index (χ3n) is 3.42. The minimum absolute atomic E-state index is 0.00484. The van der Waals surface area contributed by atoms with E-state index in [0.29, 0.717) is 6.42 Å². The minimum atomic E-state index is -0.246. The number of rotatable bonds is 2. The molecule has 0 unspecified atom stereocenters. The number of carbonyl (C=O) groups excluding carboxylic acids is 1. The molecule has 3 atom stereocenters. The van der Waals surface area contributed by atoms with E-state index >= 15 is 0 Å². The van der Waals surface area contributed by atoms with Crippen molar-refractivity contribution in [2.45, 2.75) is 77.4 Å². The third kappa shape index (κ3) is 3.83. The monoisotopic (exact) mass is 281 g/mol. The van der Waals surface area contributed by atoms with Gasteiger partial charge in [0.05, 0.1) is 17.2 Å². The van der Waals surface area contributed by atoms with Crippen molar-refractivity contribution in [1.82, 2.24) is 4.90 Å². The SMILES string of the molecule is CC(C)(C)O[C@@H]1[C@H]2CC(=O)C=CN2C[C@H]1OC(C)(C)C. The van der Waals surface area contributed by atoms with Crippen molar-refractivity contribution < 1.29 is 14.3 Å². The van der Waals surface area contributed by atoms with Crippen LogP contribution in [0.5, 0.6) is 0 Å². The molecule has 2 aliphatic rings. The summed E-state index contributed by atoms with van der Waals surface area (Å²) in [4.78, 5) is 13.9. The molecule has 0 aliphatic carbocycles. The lowest BCUT2D eigenvalue weighted by atomic mass is 10.0. The molecule has 0 amide bonds. The van der Waals surface area contributed by atoms with Gasteiger partial charge in [0, 0.05) is 19.2 Å². The third-order valence-corrected chi connectivity index (χ3v) is 3.42. The molecule has 0 radical (unpaired) electrons. The van der Waals surface area contributed by atoms with Crippen LogP contribution in [0.25, 0.3) is 0 Å². The van der Waals surface area contributed by atoms with Crippen molar-refractivity contribution in [3.8, 4) is 0 Å². The van der Waals surface area contributed by atoms with E-state index in [1.54, 1.807) is 6.08 Å². The molecule has 0 bridgehead atoms. The van der Waals surface area contributed by atoms with Crippen LogP contribution in [0.1, 0.15) is 48.0 Å². The molecule has 4 heteroatoms. The summed E-state index contributed by atoms with van der Waals surface area (Å²) in [5.41, 5.74) is -0.461. The van der Waals surface area contributed by atoms with Gasteiger partial charge in [-0.05, 0) is 47.6 Å². The number of nitrogens with zero attached hydrogens (tertiary/aromatic N) is 1. The number of allylic oxidation sites excluding steroid dienone is 1. The molecular weight excluding hydrogens is 254 g/mol. The van der Waals surface area contributed by atoms with Crippen LogP contribution in [0.15, 0.2) is 12.3 Å². The summed E-state index contributed by atoms with van der Waals surface area (Å²) in [6.45, 7) is 13.1. The maximum Gasteiger partial charge on any atom is 0.159 e. The first kappa shape index (κ1) is 15.5. The molecule has 4 nitrogen and oxygen atoms in total. The second-order valence-corrected chi connectivity index (χ2v) is 7.71. The van der Waals surface area contributed by atoms with E-state index in [-0.39, 0.29) is 35.2 Å². The Morgan fingerprint density at radius 1 is 1.10 bits per heavy atom. The first-order chi connectivity index (χ1) is 9.05. The van der Waals surface area contributed by atoms with E-state index in [1.807, 2.05) is 27.0 Å². The predicted molar refractivity (Wildman–Crippen MR) is 78.5 cm³/mol. The summed E-state index contributed by atoms with van der Waals surface area (Å²) in [5.74, 6) is 0.171. The van der Waals surface area contributed by atoms with Crippen molar-refractivity contribution in [3.05, 3.63) is 12.3 Å². The Morgan fingerprint density at radius 2 is 1.70 bits per heavy atom. The average Bonchev–Trinajstić information content (AvgIpc) is 2.52. The van der Waals surface area contributed by atoms with Crippen molar-refractivity contribution in [2.75, 3.05) is 6.54 Å². The summed E-state index contributed by atoms with van der Waals surface area (Å²) in [6, 6.07) is 0.0964. The van der Waals surface area contributed by atoms with Crippen LogP contribution >= 0.6 is 0 Å². The van der Waals surface area contributed by atoms with E-state index in [4.69, 9.17) is 9.47 Å². The zero-order chi connectivity index (χ0) is 15.1. The van der Waals surface area contributed by atoms with E-state index < -0.39 is 0 Å². The lowest BCUT2D eigenvalue weighted by Crippen LogP contribution is -2.45. The summed E-state index contributed by atoms with van der Waals surface area (Å²) in [6.07, 6.45) is 3.99. The Balaban J connectivity index is 2.19. The molecule has 1 fully saturated rings. The van der Waals surface area contributed by atoms with Gasteiger partial charge in [-0.3, -0.25) is 4.79 Å². The first-order valence-corrected chi connectivity index (χ1v) is 7.38. The second kappa shape index (κ2) is 5.15. The van der Waals surface area contributed by atoms with E-state index in [1.165, 1.54) is 0 Å². The van der Waals surface area contributed by atoms with Gasteiger partial charge in [0.25, 0.3) is 0 Å². The molecule has 0 N–H and O–H groups in total. The van der Waals surface area contributed by atoms with Crippen LogP contribution in [0, 0.1) is 0 Å². The number of ketones is 1. The molecule has 0 aromatic carbocycles. The minimum Gasteiger partial charge on any atom is -0.368 e. The average molecular weight is 281 g/mol. The number of hydrogen-bond acceptors (Lipinski definition) is 4. The highest BCUT2D eigenvalue weighted by molar-refractivity contribution is 5.91. The Kier molecular flexibility index (Phi) is 4.00. The fraction of sp³-hybridized carbons (Fsp3) is 0.812. The zero-order valence-corrected chi connectivity index (χ0v) is 13.5. The fourth-order valence-corrected chi connectivity index (χ4v) is 2.86. The Morgan fingerprint density at radius 3 is 2.25 bits per heavy atom. The second-order valence-electron chi connectivity index (χ2n) is 7.71. The lowest BCUT2D eigenvalue weighted by Gasteiger charge is -2.35. The number of carbonyl (C=O) groups is 1. The van der Waals surface area contributed by atoms with Gasteiger partial charge in [0.15, 0.2) is 5.78 Å². The largest absolute Gasteiger partial charge is 0.368 e. The maximum atomic E-state index is 11.7. The molecule has 20 heavy (non-hydrogen) atoms. The molecule has 2 rings (SSSR count). The molecule has 0 saturated carbocycles. The molecule has 0 aromatic heterocycles. The number of hydrogen-bond donors (Lipinski definition) is 0. The molecule has 2 heterocycles. The van der Waals surface area contributed by atoms with E-state index in [0.717, 1.165) is 6.54 Å². The van der Waals surface area contributed by atoms with Crippen molar-refractivity contribution >= 4 is 5.78 Å². The molecule has 0 spiro atoms. The Bertz CT molecular complexity index is 403. The van der Waals surface area contributed by atoms with E-state index in [2.05, 4.69) is 25.7 Å². The van der Waals surface area contributed by atoms with Gasteiger partial charge in [-0.1, -0.05) is 0 Å². The van der Waals surface area contributed by atoms with Crippen molar-refractivity contribution in [2.24, 2.45) is 0 Å². The molecular formula is C16H27NO3. The highest BCUT2D eigenvalue weighted by Crippen LogP contribution is 2.33. The van der Waals surface area contributed by atoms with Gasteiger partial charge in [-0.25, -0.2) is 0 Å². The highest BCUT2D eigenvalue weighted by atomic mass is 16.6.